The summed E-state index contributed by atoms with van der Waals surface area (Å²) in [7, 11) is -1.23. The van der Waals surface area contributed by atoms with Crippen molar-refractivity contribution in [1.82, 2.24) is 0 Å². The zero-order chi connectivity index (χ0) is 13.1. The lowest BCUT2D eigenvalue weighted by Gasteiger charge is -2.03. The summed E-state index contributed by atoms with van der Waals surface area (Å²) in [5, 5.41) is 8.72. The second-order valence-electron chi connectivity index (χ2n) is 3.83. The molecule has 94 valence electrons. The van der Waals surface area contributed by atoms with Crippen molar-refractivity contribution in [1.29, 1.82) is 0 Å². The van der Waals surface area contributed by atoms with Crippen LogP contribution in [0.15, 0.2) is 45.7 Å². The van der Waals surface area contributed by atoms with Gasteiger partial charge < -0.3 is 9.52 Å². The number of carboxylic acids is 1. The van der Waals surface area contributed by atoms with Crippen LogP contribution in [0.5, 0.6) is 0 Å². The van der Waals surface area contributed by atoms with Crippen LogP contribution >= 0.6 is 0 Å². The molecule has 2 aromatic rings. The molecule has 18 heavy (non-hydrogen) atoms. The zero-order valence-electron chi connectivity index (χ0n) is 9.75. The first-order chi connectivity index (χ1) is 8.58. The van der Waals surface area contributed by atoms with Crippen LogP contribution in [0.3, 0.4) is 0 Å². The smallest absolute Gasteiger partial charge is 0.371 e. The molecular formula is C13H12O4S. The van der Waals surface area contributed by atoms with E-state index in [9.17, 15) is 9.00 Å². The Balaban J connectivity index is 2.16. The number of carbonyl (C=O) groups is 1. The monoisotopic (exact) mass is 264 g/mol. The first kappa shape index (κ1) is 12.6. The minimum Gasteiger partial charge on any atom is -0.475 e. The molecular weight excluding hydrogens is 252 g/mol. The maximum atomic E-state index is 12.1. The normalized spacial score (nSPS) is 12.3. The lowest BCUT2D eigenvalue weighted by atomic mass is 10.2. The lowest BCUT2D eigenvalue weighted by molar-refractivity contribution is 0.0661. The molecule has 0 aliphatic rings. The van der Waals surface area contributed by atoms with Crippen molar-refractivity contribution in [2.45, 2.75) is 17.6 Å². The second kappa shape index (κ2) is 5.18. The maximum absolute atomic E-state index is 12.1. The number of rotatable bonds is 4. The third-order valence-electron chi connectivity index (χ3n) is 2.48. The summed E-state index contributed by atoms with van der Waals surface area (Å²) in [6.07, 6.45) is 0. The maximum Gasteiger partial charge on any atom is 0.371 e. The van der Waals surface area contributed by atoms with Gasteiger partial charge in [-0.2, -0.15) is 0 Å². The molecule has 1 heterocycles. The molecule has 1 N–H and O–H groups in total. The van der Waals surface area contributed by atoms with Crippen LogP contribution in [0.2, 0.25) is 0 Å². The van der Waals surface area contributed by atoms with Crippen LogP contribution in [0.1, 0.15) is 21.9 Å². The Morgan fingerprint density at radius 1 is 1.28 bits per heavy atom. The van der Waals surface area contributed by atoms with Crippen molar-refractivity contribution in [3.8, 4) is 0 Å². The summed E-state index contributed by atoms with van der Waals surface area (Å²) in [6.45, 7) is 1.89. The third-order valence-corrected chi connectivity index (χ3v) is 3.98. The first-order valence-electron chi connectivity index (χ1n) is 5.34. The second-order valence-corrected chi connectivity index (χ2v) is 5.25. The number of benzene rings is 1. The fraction of sp³-hybridized carbons (Fsp3) is 0.154. The van der Waals surface area contributed by atoms with Crippen molar-refractivity contribution in [3.05, 3.63) is 53.5 Å². The molecule has 2 rings (SSSR count). The summed E-state index contributed by atoms with van der Waals surface area (Å²) in [6, 6.07) is 10.3. The van der Waals surface area contributed by atoms with Gasteiger partial charge in [0, 0.05) is 4.90 Å². The fourth-order valence-electron chi connectivity index (χ4n) is 1.59. The SMILES string of the molecule is Cc1ccccc1[S@](=O)Cc1ccc(C(=O)O)o1. The Kier molecular flexibility index (Phi) is 3.62. The minimum atomic E-state index is -1.23. The standard InChI is InChI=1S/C13H12O4S/c1-9-4-2-3-5-12(9)18(16)8-10-6-7-11(17-10)13(14)15/h2-7H,8H2,1H3,(H,14,15)/t18-/m1/s1. The molecule has 0 saturated carbocycles. The van der Waals surface area contributed by atoms with Crippen LogP contribution in [-0.2, 0) is 16.6 Å². The Labute approximate surface area is 107 Å². The van der Waals surface area contributed by atoms with Crippen LogP contribution in [0.4, 0.5) is 0 Å². The average molecular weight is 264 g/mol. The molecule has 1 aromatic carbocycles. The highest BCUT2D eigenvalue weighted by Gasteiger charge is 2.13. The van der Waals surface area contributed by atoms with Crippen molar-refractivity contribution in [2.75, 3.05) is 0 Å². The molecule has 1 atom stereocenters. The van der Waals surface area contributed by atoms with E-state index in [4.69, 9.17) is 9.52 Å². The summed E-state index contributed by atoms with van der Waals surface area (Å²) >= 11 is 0. The zero-order valence-corrected chi connectivity index (χ0v) is 10.6. The fourth-order valence-corrected chi connectivity index (χ4v) is 2.82. The van der Waals surface area contributed by atoms with Gasteiger partial charge in [-0.25, -0.2) is 4.79 Å². The third kappa shape index (κ3) is 2.68. The minimum absolute atomic E-state index is 0.133. The quantitative estimate of drug-likeness (QED) is 0.921. The first-order valence-corrected chi connectivity index (χ1v) is 6.66. The summed E-state index contributed by atoms with van der Waals surface area (Å²) in [5.41, 5.74) is 0.945. The van der Waals surface area contributed by atoms with E-state index in [0.29, 0.717) is 5.76 Å². The molecule has 0 saturated heterocycles. The van der Waals surface area contributed by atoms with Gasteiger partial charge in [0.1, 0.15) is 5.76 Å². The highest BCUT2D eigenvalue weighted by molar-refractivity contribution is 7.84. The van der Waals surface area contributed by atoms with Crippen molar-refractivity contribution >= 4 is 16.8 Å². The molecule has 5 heteroatoms. The predicted octanol–water partition coefficient (Wildman–Crippen LogP) is 2.59. The van der Waals surface area contributed by atoms with Crippen LogP contribution in [0, 0.1) is 6.92 Å². The Bertz CT molecular complexity index is 601. The predicted molar refractivity (Wildman–Crippen MR) is 67.0 cm³/mol. The number of furan rings is 1. The molecule has 4 nitrogen and oxygen atoms in total. The van der Waals surface area contributed by atoms with Gasteiger partial charge in [0.05, 0.1) is 16.6 Å². The largest absolute Gasteiger partial charge is 0.475 e. The number of carboxylic acid groups (broad SMARTS) is 1. The van der Waals surface area contributed by atoms with E-state index in [-0.39, 0.29) is 11.5 Å². The van der Waals surface area contributed by atoms with Gasteiger partial charge in [-0.05, 0) is 30.7 Å². The van der Waals surface area contributed by atoms with Gasteiger partial charge in [0.25, 0.3) is 0 Å². The summed E-state index contributed by atoms with van der Waals surface area (Å²) in [5.74, 6) is -0.665. The average Bonchev–Trinajstić information content (AvgIpc) is 2.78. The van der Waals surface area contributed by atoms with Gasteiger partial charge in [0.15, 0.2) is 0 Å². The molecule has 0 unspecified atom stereocenters. The lowest BCUT2D eigenvalue weighted by Crippen LogP contribution is -1.98. The van der Waals surface area contributed by atoms with E-state index in [2.05, 4.69) is 0 Å². The van der Waals surface area contributed by atoms with Gasteiger partial charge in [-0.1, -0.05) is 18.2 Å². The molecule has 0 fully saturated rings. The number of aryl methyl sites for hydroxylation is 1. The van der Waals surface area contributed by atoms with Crippen molar-refractivity contribution in [3.63, 3.8) is 0 Å². The van der Waals surface area contributed by atoms with E-state index in [1.807, 2.05) is 25.1 Å². The molecule has 0 amide bonds. The van der Waals surface area contributed by atoms with Gasteiger partial charge in [0.2, 0.25) is 5.76 Å². The van der Waals surface area contributed by atoms with E-state index >= 15 is 0 Å². The molecule has 0 aliphatic heterocycles. The van der Waals surface area contributed by atoms with Gasteiger partial charge >= 0.3 is 5.97 Å². The van der Waals surface area contributed by atoms with E-state index in [1.54, 1.807) is 12.1 Å². The molecule has 1 aromatic heterocycles. The number of hydrogen-bond acceptors (Lipinski definition) is 3. The Hall–Kier alpha value is -1.88. The van der Waals surface area contributed by atoms with Gasteiger partial charge in [-0.3, -0.25) is 4.21 Å². The number of aromatic carboxylic acids is 1. The number of hydrogen-bond donors (Lipinski definition) is 1. The Morgan fingerprint density at radius 3 is 2.61 bits per heavy atom. The van der Waals surface area contributed by atoms with Gasteiger partial charge in [-0.15, -0.1) is 0 Å². The van der Waals surface area contributed by atoms with E-state index in [0.717, 1.165) is 10.5 Å². The topological polar surface area (TPSA) is 67.5 Å². The molecule has 0 bridgehead atoms. The molecule has 0 spiro atoms. The Morgan fingerprint density at radius 2 is 2.00 bits per heavy atom. The van der Waals surface area contributed by atoms with Crippen LogP contribution < -0.4 is 0 Å². The van der Waals surface area contributed by atoms with Crippen molar-refractivity contribution in [2.24, 2.45) is 0 Å². The highest BCUT2D eigenvalue weighted by Crippen LogP contribution is 2.17. The van der Waals surface area contributed by atoms with Crippen LogP contribution in [0.25, 0.3) is 0 Å². The molecule has 0 radical (unpaired) electrons. The van der Waals surface area contributed by atoms with E-state index < -0.39 is 16.8 Å². The molecule has 0 aliphatic carbocycles. The summed E-state index contributed by atoms with van der Waals surface area (Å²) < 4.78 is 17.2. The van der Waals surface area contributed by atoms with Crippen LogP contribution in [-0.4, -0.2) is 15.3 Å². The summed E-state index contributed by atoms with van der Waals surface area (Å²) in [4.78, 5) is 11.4. The van der Waals surface area contributed by atoms with E-state index in [1.165, 1.54) is 6.07 Å². The highest BCUT2D eigenvalue weighted by atomic mass is 32.2. The van der Waals surface area contributed by atoms with Crippen molar-refractivity contribution < 1.29 is 18.5 Å².